The number of hydrogen-bond acceptors (Lipinski definition) is 1. The Morgan fingerprint density at radius 2 is 1.79 bits per heavy atom. The maximum atomic E-state index is 2.77. The third kappa shape index (κ3) is 2.48. The second-order valence-corrected chi connectivity index (χ2v) is 5.15. The summed E-state index contributed by atoms with van der Waals surface area (Å²) in [7, 11) is 0. The number of rotatable bonds is 1. The third-order valence-electron chi connectivity index (χ3n) is 3.98. The van der Waals surface area contributed by atoms with Crippen molar-refractivity contribution in [1.29, 1.82) is 0 Å². The van der Waals surface area contributed by atoms with Crippen LogP contribution < -0.4 is 0 Å². The molecule has 3 atom stereocenters. The van der Waals surface area contributed by atoms with Crippen LogP contribution in [0, 0.1) is 5.92 Å². The fourth-order valence-electron chi connectivity index (χ4n) is 3.20. The summed E-state index contributed by atoms with van der Waals surface area (Å²) in [5.74, 6) is 0.978. The van der Waals surface area contributed by atoms with Crippen LogP contribution in [-0.4, -0.2) is 29.0 Å². The zero-order valence-corrected chi connectivity index (χ0v) is 9.63. The van der Waals surface area contributed by atoms with E-state index in [1.807, 2.05) is 0 Å². The van der Waals surface area contributed by atoms with Gasteiger partial charge in [-0.3, -0.25) is 4.90 Å². The molecule has 0 spiro atoms. The highest BCUT2D eigenvalue weighted by molar-refractivity contribution is 4.85. The van der Waals surface area contributed by atoms with Crippen molar-refractivity contribution in [2.75, 3.05) is 6.54 Å². The summed E-state index contributed by atoms with van der Waals surface area (Å²) >= 11 is 0. The summed E-state index contributed by atoms with van der Waals surface area (Å²) in [5.41, 5.74) is 0. The van der Waals surface area contributed by atoms with Crippen LogP contribution in [0.3, 0.4) is 0 Å². The van der Waals surface area contributed by atoms with Gasteiger partial charge in [0.25, 0.3) is 0 Å². The van der Waals surface area contributed by atoms with Gasteiger partial charge in [-0.25, -0.2) is 0 Å². The molecular formula is C12H25NO. The fourth-order valence-corrected chi connectivity index (χ4v) is 3.20. The summed E-state index contributed by atoms with van der Waals surface area (Å²) in [4.78, 5) is 2.77. The SMILES string of the molecule is CC1CCCC(N2CCCC2C)C1.O. The van der Waals surface area contributed by atoms with E-state index in [2.05, 4.69) is 18.7 Å². The second kappa shape index (κ2) is 5.13. The Bertz CT molecular complexity index is 172. The molecule has 14 heavy (non-hydrogen) atoms. The summed E-state index contributed by atoms with van der Waals surface area (Å²) in [6.45, 7) is 6.21. The van der Waals surface area contributed by atoms with E-state index >= 15 is 0 Å². The van der Waals surface area contributed by atoms with Crippen LogP contribution in [0.2, 0.25) is 0 Å². The molecule has 0 radical (unpaired) electrons. The van der Waals surface area contributed by atoms with E-state index in [4.69, 9.17) is 0 Å². The van der Waals surface area contributed by atoms with Crippen LogP contribution in [0.4, 0.5) is 0 Å². The zero-order chi connectivity index (χ0) is 9.26. The lowest BCUT2D eigenvalue weighted by atomic mass is 9.86. The van der Waals surface area contributed by atoms with E-state index in [-0.39, 0.29) is 5.48 Å². The number of nitrogens with zero attached hydrogens (tertiary/aromatic N) is 1. The van der Waals surface area contributed by atoms with Gasteiger partial charge in [-0.05, 0) is 45.1 Å². The predicted molar refractivity (Wildman–Crippen MR) is 60.4 cm³/mol. The van der Waals surface area contributed by atoms with Crippen molar-refractivity contribution < 1.29 is 5.48 Å². The van der Waals surface area contributed by atoms with Gasteiger partial charge in [0.1, 0.15) is 0 Å². The molecule has 3 unspecified atom stereocenters. The molecule has 2 aliphatic rings. The molecule has 1 aliphatic heterocycles. The standard InChI is InChI=1S/C12H23N.H2O/c1-10-5-3-7-12(9-10)13-8-4-6-11(13)2;/h10-12H,3-9H2,1-2H3;1H2. The van der Waals surface area contributed by atoms with Gasteiger partial charge in [0.05, 0.1) is 0 Å². The monoisotopic (exact) mass is 199 g/mol. The topological polar surface area (TPSA) is 34.7 Å². The van der Waals surface area contributed by atoms with E-state index in [0.29, 0.717) is 0 Å². The van der Waals surface area contributed by atoms with Crippen LogP contribution in [0.5, 0.6) is 0 Å². The fraction of sp³-hybridized carbons (Fsp3) is 1.00. The lowest BCUT2D eigenvalue weighted by Crippen LogP contribution is -2.40. The van der Waals surface area contributed by atoms with Crippen molar-refractivity contribution in [3.8, 4) is 0 Å². The first-order valence-corrected chi connectivity index (χ1v) is 6.03. The van der Waals surface area contributed by atoms with Crippen molar-refractivity contribution in [3.05, 3.63) is 0 Å². The molecule has 2 nitrogen and oxygen atoms in total. The van der Waals surface area contributed by atoms with Gasteiger partial charge >= 0.3 is 0 Å². The Morgan fingerprint density at radius 1 is 1.00 bits per heavy atom. The summed E-state index contributed by atoms with van der Waals surface area (Å²) in [6, 6.07) is 1.80. The average Bonchev–Trinajstić information content (AvgIpc) is 2.51. The molecule has 1 saturated heterocycles. The van der Waals surface area contributed by atoms with Crippen LogP contribution in [0.1, 0.15) is 52.4 Å². The van der Waals surface area contributed by atoms with Gasteiger partial charge in [-0.1, -0.05) is 19.8 Å². The molecular weight excluding hydrogens is 174 g/mol. The summed E-state index contributed by atoms with van der Waals surface area (Å²) in [6.07, 6.45) is 8.74. The molecule has 0 aromatic rings. The number of hydrogen-bond donors (Lipinski definition) is 0. The highest BCUT2D eigenvalue weighted by atomic mass is 16.0. The van der Waals surface area contributed by atoms with Crippen LogP contribution in [-0.2, 0) is 0 Å². The van der Waals surface area contributed by atoms with Gasteiger partial charge in [0.15, 0.2) is 0 Å². The molecule has 1 heterocycles. The van der Waals surface area contributed by atoms with E-state index in [9.17, 15) is 0 Å². The predicted octanol–water partition coefficient (Wildman–Crippen LogP) is 2.22. The maximum absolute atomic E-state index is 2.77. The molecule has 0 aromatic heterocycles. The maximum Gasteiger partial charge on any atom is 0.0101 e. The molecule has 1 saturated carbocycles. The van der Waals surface area contributed by atoms with Crippen molar-refractivity contribution in [3.63, 3.8) is 0 Å². The molecule has 2 N–H and O–H groups in total. The Labute approximate surface area is 88.0 Å². The van der Waals surface area contributed by atoms with Gasteiger partial charge < -0.3 is 5.48 Å². The first kappa shape index (κ1) is 12.0. The highest BCUT2D eigenvalue weighted by Gasteiger charge is 2.30. The molecule has 1 aliphatic carbocycles. The van der Waals surface area contributed by atoms with Gasteiger partial charge in [-0.15, -0.1) is 0 Å². The minimum Gasteiger partial charge on any atom is -0.412 e. The molecule has 2 heteroatoms. The van der Waals surface area contributed by atoms with Crippen LogP contribution in [0.15, 0.2) is 0 Å². The van der Waals surface area contributed by atoms with Gasteiger partial charge in [0, 0.05) is 12.1 Å². The molecule has 0 amide bonds. The molecule has 0 bridgehead atoms. The third-order valence-corrected chi connectivity index (χ3v) is 3.98. The first-order chi connectivity index (χ1) is 6.27. The zero-order valence-electron chi connectivity index (χ0n) is 9.63. The Morgan fingerprint density at radius 3 is 2.36 bits per heavy atom. The lowest BCUT2D eigenvalue weighted by molar-refractivity contribution is 0.129. The van der Waals surface area contributed by atoms with Gasteiger partial charge in [-0.2, -0.15) is 0 Å². The van der Waals surface area contributed by atoms with Crippen molar-refractivity contribution >= 4 is 0 Å². The van der Waals surface area contributed by atoms with E-state index in [1.54, 1.807) is 0 Å². The lowest BCUT2D eigenvalue weighted by Gasteiger charge is -2.36. The van der Waals surface area contributed by atoms with Gasteiger partial charge in [0.2, 0.25) is 0 Å². The highest BCUT2D eigenvalue weighted by Crippen LogP contribution is 2.31. The minimum absolute atomic E-state index is 0. The quantitative estimate of drug-likeness (QED) is 0.637. The van der Waals surface area contributed by atoms with E-state index in [0.717, 1.165) is 18.0 Å². The molecule has 0 aromatic carbocycles. The summed E-state index contributed by atoms with van der Waals surface area (Å²) < 4.78 is 0. The Hall–Kier alpha value is -0.0800. The van der Waals surface area contributed by atoms with Crippen molar-refractivity contribution in [2.24, 2.45) is 5.92 Å². The van der Waals surface area contributed by atoms with Crippen molar-refractivity contribution in [2.45, 2.75) is 64.5 Å². The first-order valence-electron chi connectivity index (χ1n) is 6.03. The summed E-state index contributed by atoms with van der Waals surface area (Å²) in [5, 5.41) is 0. The Kier molecular flexibility index (Phi) is 4.39. The van der Waals surface area contributed by atoms with E-state index < -0.39 is 0 Å². The van der Waals surface area contributed by atoms with Crippen LogP contribution in [0.25, 0.3) is 0 Å². The van der Waals surface area contributed by atoms with E-state index in [1.165, 1.54) is 45.1 Å². The molecule has 2 rings (SSSR count). The normalized spacial score (nSPS) is 39.4. The molecule has 2 fully saturated rings. The van der Waals surface area contributed by atoms with Crippen molar-refractivity contribution in [1.82, 2.24) is 4.90 Å². The second-order valence-electron chi connectivity index (χ2n) is 5.15. The average molecular weight is 199 g/mol. The largest absolute Gasteiger partial charge is 0.412 e. The molecule has 84 valence electrons. The van der Waals surface area contributed by atoms with Crippen LogP contribution >= 0.6 is 0 Å². The number of likely N-dealkylation sites (tertiary alicyclic amines) is 1. The Balaban J connectivity index is 0.000000980. The smallest absolute Gasteiger partial charge is 0.0101 e. The minimum atomic E-state index is 0.